The maximum atomic E-state index is 11.9. The zero-order chi connectivity index (χ0) is 16.2. The van der Waals surface area contributed by atoms with Gasteiger partial charge in [-0.2, -0.15) is 5.43 Å². The highest BCUT2D eigenvalue weighted by Gasteiger charge is 2.26. The number of rotatable bonds is 6. The van der Waals surface area contributed by atoms with Crippen molar-refractivity contribution in [2.24, 2.45) is 0 Å². The van der Waals surface area contributed by atoms with E-state index in [0.29, 0.717) is 0 Å². The van der Waals surface area contributed by atoms with Crippen LogP contribution in [0.3, 0.4) is 0 Å². The molecule has 0 radical (unpaired) electrons. The van der Waals surface area contributed by atoms with Crippen LogP contribution in [0, 0.1) is 10.1 Å². The van der Waals surface area contributed by atoms with Gasteiger partial charge in [0, 0.05) is 17.7 Å². The number of carbonyl (C=O) groups excluding carboxylic acids is 2. The van der Waals surface area contributed by atoms with Crippen LogP contribution in [0.4, 0.5) is 5.69 Å². The molecule has 0 heterocycles. The smallest absolute Gasteiger partial charge is 0.336 e. The number of aliphatic hydroxyl groups is 1. The van der Waals surface area contributed by atoms with Crippen LogP contribution in [0.5, 0.6) is 0 Å². The Morgan fingerprint density at radius 1 is 1.33 bits per heavy atom. The average molecular weight is 296 g/mol. The third-order valence-electron chi connectivity index (χ3n) is 2.67. The molecule has 8 heteroatoms. The van der Waals surface area contributed by atoms with E-state index in [1.54, 1.807) is 21.0 Å². The molecule has 0 saturated heterocycles. The summed E-state index contributed by atoms with van der Waals surface area (Å²) in [5.74, 6) is -1.63. The molecule has 2 N–H and O–H groups in total. The summed E-state index contributed by atoms with van der Waals surface area (Å²) >= 11 is 0. The van der Waals surface area contributed by atoms with Gasteiger partial charge in [-0.1, -0.05) is 0 Å². The number of nitrogens with one attached hydrogen (secondary N) is 1. The number of carbonyl (C=O) groups is 2. The standard InChI is InChI=1S/C13H17N3O5/c1-9(17)8-16(2,3)14-13(19)12(18)10-4-6-11(7-5-10)15(20)21/h4-7,9,17H,8H2,1-3H3/p+1. The van der Waals surface area contributed by atoms with Crippen LogP contribution < -0.4 is 5.43 Å². The molecule has 0 fully saturated rings. The predicted molar refractivity (Wildman–Crippen MR) is 74.2 cm³/mol. The van der Waals surface area contributed by atoms with Crippen molar-refractivity contribution >= 4 is 17.4 Å². The number of nitrogens with zero attached hydrogens (tertiary/aromatic N) is 2. The van der Waals surface area contributed by atoms with E-state index in [2.05, 4.69) is 5.43 Å². The van der Waals surface area contributed by atoms with E-state index in [1.165, 1.54) is 12.1 Å². The van der Waals surface area contributed by atoms with Gasteiger partial charge < -0.3 is 5.11 Å². The Hall–Kier alpha value is -2.32. The molecule has 1 rings (SSSR count). The monoisotopic (exact) mass is 296 g/mol. The minimum Gasteiger partial charge on any atom is -0.387 e. The lowest BCUT2D eigenvalue weighted by molar-refractivity contribution is -0.927. The molecular weight excluding hydrogens is 278 g/mol. The van der Waals surface area contributed by atoms with E-state index < -0.39 is 22.7 Å². The molecule has 114 valence electrons. The minimum absolute atomic E-state index is 0.0603. The quantitative estimate of drug-likeness (QED) is 0.257. The van der Waals surface area contributed by atoms with E-state index in [0.717, 1.165) is 12.1 Å². The second kappa shape index (κ2) is 6.42. The number of benzene rings is 1. The molecule has 1 unspecified atom stereocenters. The highest BCUT2D eigenvalue weighted by Crippen LogP contribution is 2.12. The average Bonchev–Trinajstić information content (AvgIpc) is 2.35. The fraction of sp³-hybridized carbons (Fsp3) is 0.385. The zero-order valence-corrected chi connectivity index (χ0v) is 12.1. The lowest BCUT2D eigenvalue weighted by Gasteiger charge is -2.29. The zero-order valence-electron chi connectivity index (χ0n) is 12.1. The molecule has 0 aliphatic carbocycles. The first-order chi connectivity index (χ1) is 9.62. The summed E-state index contributed by atoms with van der Waals surface area (Å²) in [4.78, 5) is 33.7. The van der Waals surface area contributed by atoms with Crippen LogP contribution in [-0.2, 0) is 4.79 Å². The molecule has 0 saturated carbocycles. The number of Topliss-reactive ketones (excluding diaryl/α,β-unsaturated/α-hetero) is 1. The van der Waals surface area contributed by atoms with Gasteiger partial charge in [0.25, 0.3) is 11.5 Å². The number of hydrogen-bond acceptors (Lipinski definition) is 5. The lowest BCUT2D eigenvalue weighted by atomic mass is 10.1. The van der Waals surface area contributed by atoms with E-state index in [4.69, 9.17) is 0 Å². The highest BCUT2D eigenvalue weighted by molar-refractivity contribution is 6.42. The molecule has 1 amide bonds. The van der Waals surface area contributed by atoms with Crippen molar-refractivity contribution in [3.05, 3.63) is 39.9 Å². The number of quaternary nitrogens is 1. The fourth-order valence-corrected chi connectivity index (χ4v) is 1.90. The van der Waals surface area contributed by atoms with E-state index in [9.17, 15) is 24.8 Å². The highest BCUT2D eigenvalue weighted by atomic mass is 16.6. The maximum absolute atomic E-state index is 11.9. The number of aliphatic hydroxyl groups excluding tert-OH is 1. The SMILES string of the molecule is CC(O)C[N+](C)(C)NC(=O)C(=O)c1ccc([N+](=O)[O-])cc1. The number of ketones is 1. The van der Waals surface area contributed by atoms with Crippen LogP contribution in [-0.4, -0.2) is 53.1 Å². The second-order valence-corrected chi connectivity index (χ2v) is 5.29. The molecule has 0 bridgehead atoms. The summed E-state index contributed by atoms with van der Waals surface area (Å²) in [5.41, 5.74) is 2.39. The topological polar surface area (TPSA) is 110 Å². The third-order valence-corrected chi connectivity index (χ3v) is 2.67. The summed E-state index contributed by atoms with van der Waals surface area (Å²) in [6.45, 7) is 1.81. The Morgan fingerprint density at radius 3 is 2.29 bits per heavy atom. The van der Waals surface area contributed by atoms with Crippen molar-refractivity contribution in [3.8, 4) is 0 Å². The number of amides is 1. The number of hydrogen-bond donors (Lipinski definition) is 2. The first-order valence-electron chi connectivity index (χ1n) is 6.25. The Morgan fingerprint density at radius 2 is 1.86 bits per heavy atom. The van der Waals surface area contributed by atoms with Gasteiger partial charge in [-0.15, -0.1) is 0 Å². The van der Waals surface area contributed by atoms with Crippen LogP contribution >= 0.6 is 0 Å². The first-order valence-corrected chi connectivity index (χ1v) is 6.25. The molecule has 21 heavy (non-hydrogen) atoms. The summed E-state index contributed by atoms with van der Waals surface area (Å²) in [5, 5.41) is 19.8. The van der Waals surface area contributed by atoms with Gasteiger partial charge in [-0.05, 0) is 19.1 Å². The minimum atomic E-state index is -0.838. The van der Waals surface area contributed by atoms with Crippen molar-refractivity contribution in [2.75, 3.05) is 20.6 Å². The molecule has 1 atom stereocenters. The molecule has 0 aromatic heterocycles. The molecule has 0 spiro atoms. The largest absolute Gasteiger partial charge is 0.387 e. The number of nitro benzene ring substituents is 1. The normalized spacial score (nSPS) is 12.6. The van der Waals surface area contributed by atoms with Gasteiger partial charge in [0.05, 0.1) is 19.0 Å². The van der Waals surface area contributed by atoms with Gasteiger partial charge in [0.2, 0.25) is 0 Å². The van der Waals surface area contributed by atoms with Crippen LogP contribution in [0.15, 0.2) is 24.3 Å². The number of non-ortho nitro benzene ring substituents is 1. The molecule has 1 aromatic carbocycles. The van der Waals surface area contributed by atoms with Gasteiger partial charge in [0.15, 0.2) is 0 Å². The Labute approximate surface area is 121 Å². The van der Waals surface area contributed by atoms with Crippen molar-refractivity contribution in [2.45, 2.75) is 13.0 Å². The Bertz CT molecular complexity index is 551. The molecule has 0 aliphatic heterocycles. The van der Waals surface area contributed by atoms with Crippen LogP contribution in [0.1, 0.15) is 17.3 Å². The number of nitro groups is 1. The maximum Gasteiger partial charge on any atom is 0.336 e. The predicted octanol–water partition coefficient (Wildman–Crippen LogP) is 0.266. The fourth-order valence-electron chi connectivity index (χ4n) is 1.90. The summed E-state index contributed by atoms with van der Waals surface area (Å²) < 4.78 is -0.0603. The Kier molecular flexibility index (Phi) is 5.12. The molecule has 8 nitrogen and oxygen atoms in total. The van der Waals surface area contributed by atoms with Gasteiger partial charge in [-0.25, -0.2) is 4.59 Å². The van der Waals surface area contributed by atoms with E-state index in [-0.39, 0.29) is 22.4 Å². The van der Waals surface area contributed by atoms with Crippen molar-refractivity contribution in [1.82, 2.24) is 5.43 Å². The van der Waals surface area contributed by atoms with Gasteiger partial charge >= 0.3 is 5.91 Å². The van der Waals surface area contributed by atoms with Crippen LogP contribution in [0.2, 0.25) is 0 Å². The third kappa shape index (κ3) is 4.93. The lowest BCUT2D eigenvalue weighted by Crippen LogP contribution is -2.58. The summed E-state index contributed by atoms with van der Waals surface area (Å²) in [6.07, 6.45) is -0.644. The van der Waals surface area contributed by atoms with Crippen molar-refractivity contribution < 1.29 is 24.2 Å². The van der Waals surface area contributed by atoms with E-state index in [1.807, 2.05) is 0 Å². The first kappa shape index (κ1) is 16.7. The van der Waals surface area contributed by atoms with Crippen molar-refractivity contribution in [3.63, 3.8) is 0 Å². The second-order valence-electron chi connectivity index (χ2n) is 5.29. The van der Waals surface area contributed by atoms with Gasteiger partial charge in [-0.3, -0.25) is 19.7 Å². The Balaban J connectivity index is 2.79. The van der Waals surface area contributed by atoms with E-state index >= 15 is 0 Å². The van der Waals surface area contributed by atoms with Crippen molar-refractivity contribution in [1.29, 1.82) is 0 Å². The molecule has 0 aliphatic rings. The van der Waals surface area contributed by atoms with Gasteiger partial charge in [0.1, 0.15) is 12.6 Å². The molecule has 1 aromatic rings. The molecular formula is C13H18N3O5+. The summed E-state index contributed by atoms with van der Waals surface area (Å²) in [7, 11) is 3.27. The number of likely N-dealkylation sites (N-methyl/N-ethyl adjacent to an activating group) is 1. The van der Waals surface area contributed by atoms with Crippen LogP contribution in [0.25, 0.3) is 0 Å². The summed E-state index contributed by atoms with van der Waals surface area (Å²) in [6, 6.07) is 4.79.